The molecule has 1 aliphatic heterocycles. The van der Waals surface area contributed by atoms with Gasteiger partial charge < -0.3 is 0 Å². The van der Waals surface area contributed by atoms with E-state index in [2.05, 4.69) is 122 Å². The van der Waals surface area contributed by atoms with E-state index < -0.39 is 8.07 Å². The largest absolute Gasteiger partial charge is 0.261 e. The summed E-state index contributed by atoms with van der Waals surface area (Å²) in [5, 5.41) is 3.68. The summed E-state index contributed by atoms with van der Waals surface area (Å²) in [7, 11) is -2.89. The predicted octanol–water partition coefficient (Wildman–Crippen LogP) is 7.04. The molecule has 0 radical (unpaired) electrons. The molecule has 5 heteroatoms. The summed E-state index contributed by atoms with van der Waals surface area (Å²) in [5.74, 6) is 0. The standard InChI is InChI=1S/C34H30N4Si/c1-34(2,3)39(27-17-11-6-12-18-27)32(28-23-35-19-21-37-28)30(25-13-7-4-8-14-25)31(26-15-9-5-10-16-26)33(39)29-24-36-20-22-38-29/h4-24H,1-3H3. The molecule has 0 atom stereocenters. The molecule has 190 valence electrons. The van der Waals surface area contributed by atoms with Crippen LogP contribution in [0.3, 0.4) is 0 Å². The van der Waals surface area contributed by atoms with Gasteiger partial charge in [-0.05, 0) is 42.9 Å². The molecule has 4 nitrogen and oxygen atoms in total. The predicted molar refractivity (Wildman–Crippen MR) is 162 cm³/mol. The lowest BCUT2D eigenvalue weighted by atomic mass is 9.90. The minimum Gasteiger partial charge on any atom is -0.261 e. The van der Waals surface area contributed by atoms with Crippen LogP contribution in [0.4, 0.5) is 0 Å². The van der Waals surface area contributed by atoms with Crippen molar-refractivity contribution >= 4 is 34.8 Å². The molecule has 2 aromatic heterocycles. The summed E-state index contributed by atoms with van der Waals surface area (Å²) in [5.41, 5.74) is 6.55. The van der Waals surface area contributed by atoms with E-state index in [-0.39, 0.29) is 5.04 Å². The number of nitrogens with zero attached hydrogens (tertiary/aromatic N) is 4. The fraction of sp³-hybridized carbons (Fsp3) is 0.118. The first-order valence-corrected chi connectivity index (χ1v) is 15.2. The zero-order valence-electron chi connectivity index (χ0n) is 22.4. The molecule has 0 saturated heterocycles. The maximum absolute atomic E-state index is 4.98. The Labute approximate surface area is 230 Å². The second kappa shape index (κ2) is 10.0. The van der Waals surface area contributed by atoms with Gasteiger partial charge in [0.25, 0.3) is 0 Å². The molecule has 3 heterocycles. The van der Waals surface area contributed by atoms with Gasteiger partial charge in [-0.25, -0.2) is 0 Å². The normalized spacial score (nSPS) is 15.1. The van der Waals surface area contributed by atoms with Crippen molar-refractivity contribution in [1.29, 1.82) is 0 Å². The zero-order valence-corrected chi connectivity index (χ0v) is 23.4. The van der Waals surface area contributed by atoms with Crippen LogP contribution in [0.2, 0.25) is 5.04 Å². The Morgan fingerprint density at radius 2 is 0.923 bits per heavy atom. The van der Waals surface area contributed by atoms with Crippen molar-refractivity contribution in [3.63, 3.8) is 0 Å². The van der Waals surface area contributed by atoms with Gasteiger partial charge in [-0.15, -0.1) is 0 Å². The summed E-state index contributed by atoms with van der Waals surface area (Å²) in [6, 6.07) is 32.4. The molecule has 3 aromatic carbocycles. The number of hydrogen-bond acceptors (Lipinski definition) is 4. The van der Waals surface area contributed by atoms with Crippen molar-refractivity contribution in [3.8, 4) is 0 Å². The van der Waals surface area contributed by atoms with Crippen molar-refractivity contribution in [1.82, 2.24) is 19.9 Å². The highest BCUT2D eigenvalue weighted by molar-refractivity contribution is 7.23. The molecule has 39 heavy (non-hydrogen) atoms. The second-order valence-electron chi connectivity index (χ2n) is 10.8. The topological polar surface area (TPSA) is 51.6 Å². The highest BCUT2D eigenvalue weighted by Crippen LogP contribution is 2.61. The average molecular weight is 523 g/mol. The third-order valence-electron chi connectivity index (χ3n) is 7.60. The highest BCUT2D eigenvalue weighted by Gasteiger charge is 2.59. The lowest BCUT2D eigenvalue weighted by Gasteiger charge is -2.44. The molecule has 0 unspecified atom stereocenters. The van der Waals surface area contributed by atoms with Crippen LogP contribution >= 0.6 is 0 Å². The van der Waals surface area contributed by atoms with Crippen LogP contribution in [0.1, 0.15) is 43.3 Å². The van der Waals surface area contributed by atoms with Crippen LogP contribution in [0.5, 0.6) is 0 Å². The number of benzene rings is 3. The minimum absolute atomic E-state index is 0.162. The minimum atomic E-state index is -2.89. The van der Waals surface area contributed by atoms with Gasteiger partial charge in [0.1, 0.15) is 0 Å². The molecule has 0 spiro atoms. The molecular formula is C34H30N4Si. The first kappa shape index (κ1) is 24.8. The van der Waals surface area contributed by atoms with Gasteiger partial charge in [-0.3, -0.25) is 19.9 Å². The van der Waals surface area contributed by atoms with Gasteiger partial charge in [0.2, 0.25) is 0 Å². The summed E-state index contributed by atoms with van der Waals surface area (Å²) < 4.78 is 0. The van der Waals surface area contributed by atoms with Gasteiger partial charge in [0.15, 0.2) is 8.07 Å². The van der Waals surface area contributed by atoms with Crippen LogP contribution < -0.4 is 5.19 Å². The molecule has 0 amide bonds. The van der Waals surface area contributed by atoms with Crippen LogP contribution in [0.15, 0.2) is 128 Å². The Hall–Kier alpha value is -4.48. The van der Waals surface area contributed by atoms with Gasteiger partial charge in [-0.2, -0.15) is 0 Å². The molecule has 0 aliphatic carbocycles. The molecule has 5 aromatic rings. The van der Waals surface area contributed by atoms with E-state index in [0.29, 0.717) is 0 Å². The van der Waals surface area contributed by atoms with E-state index >= 15 is 0 Å². The summed E-state index contributed by atoms with van der Waals surface area (Å²) in [6.07, 6.45) is 11.0. The van der Waals surface area contributed by atoms with Crippen LogP contribution in [0, 0.1) is 0 Å². The quantitative estimate of drug-likeness (QED) is 0.232. The van der Waals surface area contributed by atoms with Gasteiger partial charge in [0, 0.05) is 24.8 Å². The van der Waals surface area contributed by atoms with E-state index in [1.807, 2.05) is 12.4 Å². The van der Waals surface area contributed by atoms with E-state index in [9.17, 15) is 0 Å². The van der Waals surface area contributed by atoms with E-state index in [4.69, 9.17) is 9.97 Å². The molecule has 0 bridgehead atoms. The Kier molecular flexibility index (Phi) is 6.37. The highest BCUT2D eigenvalue weighted by atomic mass is 28.3. The molecule has 0 N–H and O–H groups in total. The molecule has 6 rings (SSSR count). The molecule has 0 fully saturated rings. The Morgan fingerprint density at radius 3 is 1.28 bits per heavy atom. The van der Waals surface area contributed by atoms with E-state index in [1.54, 1.807) is 24.8 Å². The number of rotatable bonds is 5. The van der Waals surface area contributed by atoms with Crippen molar-refractivity contribution < 1.29 is 0 Å². The lowest BCUT2D eigenvalue weighted by molar-refractivity contribution is 0.741. The first-order valence-electron chi connectivity index (χ1n) is 13.2. The Balaban J connectivity index is 1.91. The van der Waals surface area contributed by atoms with Crippen molar-refractivity contribution in [2.24, 2.45) is 0 Å². The second-order valence-corrected chi connectivity index (χ2v) is 15.4. The van der Waals surface area contributed by atoms with E-state index in [0.717, 1.165) is 22.5 Å². The molecular weight excluding hydrogens is 492 g/mol. The SMILES string of the molecule is CC(C)(C)[Si]1(c2ccccc2)C(c2cnccn2)=C(c2ccccc2)C(c2ccccc2)=C1c1cnccn1. The van der Waals surface area contributed by atoms with Gasteiger partial charge in [-0.1, -0.05) is 112 Å². The zero-order chi connectivity index (χ0) is 26.9. The molecule has 1 aliphatic rings. The number of allylic oxidation sites excluding steroid dienone is 2. The maximum atomic E-state index is 4.98. The lowest BCUT2D eigenvalue weighted by Crippen LogP contribution is -2.56. The summed E-state index contributed by atoms with van der Waals surface area (Å²) in [4.78, 5) is 19.1. The van der Waals surface area contributed by atoms with Gasteiger partial charge in [0.05, 0.1) is 23.8 Å². The van der Waals surface area contributed by atoms with Crippen molar-refractivity contribution in [2.75, 3.05) is 0 Å². The monoisotopic (exact) mass is 522 g/mol. The average Bonchev–Trinajstić information content (AvgIpc) is 3.33. The van der Waals surface area contributed by atoms with Crippen LogP contribution in [-0.4, -0.2) is 28.0 Å². The molecule has 0 saturated carbocycles. The van der Waals surface area contributed by atoms with Crippen LogP contribution in [-0.2, 0) is 0 Å². The Morgan fingerprint density at radius 1 is 0.513 bits per heavy atom. The summed E-state index contributed by atoms with van der Waals surface area (Å²) >= 11 is 0. The third-order valence-corrected chi connectivity index (χ3v) is 13.6. The Bertz CT molecular complexity index is 1540. The fourth-order valence-corrected chi connectivity index (χ4v) is 12.4. The van der Waals surface area contributed by atoms with Crippen LogP contribution in [0.25, 0.3) is 21.5 Å². The summed E-state index contributed by atoms with van der Waals surface area (Å²) in [6.45, 7) is 7.11. The van der Waals surface area contributed by atoms with Crippen molar-refractivity contribution in [3.05, 3.63) is 151 Å². The van der Waals surface area contributed by atoms with Crippen molar-refractivity contribution in [2.45, 2.75) is 25.8 Å². The first-order chi connectivity index (χ1) is 19.0. The fourth-order valence-electron chi connectivity index (χ4n) is 6.19. The van der Waals surface area contributed by atoms with E-state index in [1.165, 1.54) is 26.7 Å². The van der Waals surface area contributed by atoms with Gasteiger partial charge >= 0.3 is 0 Å². The number of aromatic nitrogens is 4. The number of hydrogen-bond donors (Lipinski definition) is 0. The third kappa shape index (κ3) is 4.06. The maximum Gasteiger partial charge on any atom is 0.160 e. The smallest absolute Gasteiger partial charge is 0.160 e.